The summed E-state index contributed by atoms with van der Waals surface area (Å²) in [5.41, 5.74) is 18.2. The van der Waals surface area contributed by atoms with Gasteiger partial charge in [0.05, 0.1) is 11.0 Å². The van der Waals surface area contributed by atoms with Gasteiger partial charge in [-0.1, -0.05) is 190 Å². The molecule has 0 aliphatic heterocycles. The van der Waals surface area contributed by atoms with Crippen LogP contribution >= 0.6 is 0 Å². The van der Waals surface area contributed by atoms with Crippen molar-refractivity contribution in [1.82, 2.24) is 9.55 Å². The number of rotatable bonds is 8. The molecular formula is C59H48N2. The minimum Gasteiger partial charge on any atom is -0.327 e. The van der Waals surface area contributed by atoms with Crippen molar-refractivity contribution in [1.29, 1.82) is 0 Å². The summed E-state index contributed by atoms with van der Waals surface area (Å²) in [6, 6.07) is 51.0. The van der Waals surface area contributed by atoms with Crippen molar-refractivity contribution in [2.45, 2.75) is 26.7 Å². The van der Waals surface area contributed by atoms with Crippen molar-refractivity contribution in [3.63, 3.8) is 0 Å². The molecule has 0 amide bonds. The molecule has 294 valence electrons. The molecule has 0 fully saturated rings. The lowest BCUT2D eigenvalue weighted by atomic mass is 9.85. The molecule has 0 bridgehead atoms. The monoisotopic (exact) mass is 784 g/mol. The molecule has 1 unspecified atom stereocenters. The Kier molecular flexibility index (Phi) is 9.98. The summed E-state index contributed by atoms with van der Waals surface area (Å²) in [5.74, 6) is 0.962. The molecule has 10 rings (SSSR count). The Morgan fingerprint density at radius 3 is 2.21 bits per heavy atom. The Bertz CT molecular complexity index is 3230. The second kappa shape index (κ2) is 16.0. The molecule has 61 heavy (non-hydrogen) atoms. The van der Waals surface area contributed by atoms with E-state index >= 15 is 0 Å². The number of aryl methyl sites for hydroxylation is 1. The number of benzene rings is 7. The number of hydrogen-bond acceptors (Lipinski definition) is 1. The van der Waals surface area contributed by atoms with Crippen LogP contribution in [0, 0.1) is 5.92 Å². The van der Waals surface area contributed by atoms with Crippen molar-refractivity contribution < 1.29 is 0 Å². The first-order chi connectivity index (χ1) is 30.0. The summed E-state index contributed by atoms with van der Waals surface area (Å²) in [6.45, 7) is 8.85. The van der Waals surface area contributed by atoms with Gasteiger partial charge in [-0.15, -0.1) is 0 Å². The van der Waals surface area contributed by atoms with E-state index in [0.29, 0.717) is 0 Å². The Morgan fingerprint density at radius 1 is 0.672 bits per heavy atom. The highest BCUT2D eigenvalue weighted by Crippen LogP contribution is 2.46. The van der Waals surface area contributed by atoms with E-state index in [1.54, 1.807) is 0 Å². The van der Waals surface area contributed by atoms with Crippen molar-refractivity contribution in [2.75, 3.05) is 0 Å². The normalized spacial score (nSPS) is 14.6. The van der Waals surface area contributed by atoms with E-state index in [2.05, 4.69) is 226 Å². The number of fused-ring (bicyclic) bond motifs is 5. The van der Waals surface area contributed by atoms with Gasteiger partial charge in [0.1, 0.15) is 5.82 Å². The molecule has 8 aromatic rings. The van der Waals surface area contributed by atoms with Crippen LogP contribution in [0.1, 0.15) is 47.5 Å². The molecule has 0 saturated heterocycles. The standard InChI is InChI=1S/C59H48N2/c1-5-19-50-48(6-2)55(49-27-16-15-26-45(49)38-53(50)42-22-10-8-11-23-42)39(3)30-35-54-60-58-56(46-33-31-41-21-13-14-25-44(41)36-46)51-28-17-18-29-52(51)57(59(58)61(54)4)47-34-32-40-20-9-7-12-24-43(40)37-47/h5-19,21-37,39H,2,20,38H2,1,3-4H3/b19-5-,35-30-. The number of nitrogens with zero attached hydrogens (tertiary/aromatic N) is 2. The molecule has 1 heterocycles. The van der Waals surface area contributed by atoms with E-state index in [1.807, 2.05) is 0 Å². The third-order valence-electron chi connectivity index (χ3n) is 12.6. The zero-order valence-corrected chi connectivity index (χ0v) is 35.1. The molecule has 0 saturated carbocycles. The molecule has 0 spiro atoms. The summed E-state index contributed by atoms with van der Waals surface area (Å²) < 4.78 is 2.32. The Hall–Kier alpha value is -7.29. The predicted octanol–water partition coefficient (Wildman–Crippen LogP) is 15.2. The maximum Gasteiger partial charge on any atom is 0.133 e. The summed E-state index contributed by atoms with van der Waals surface area (Å²) in [7, 11) is 2.18. The molecule has 0 radical (unpaired) electrons. The van der Waals surface area contributed by atoms with Crippen LogP contribution in [0.4, 0.5) is 0 Å². The lowest BCUT2D eigenvalue weighted by Crippen LogP contribution is -2.02. The van der Waals surface area contributed by atoms with Crippen molar-refractivity contribution in [3.05, 3.63) is 233 Å². The first-order valence-corrected chi connectivity index (χ1v) is 21.4. The average molecular weight is 785 g/mol. The second-order valence-corrected chi connectivity index (χ2v) is 16.3. The fourth-order valence-electron chi connectivity index (χ4n) is 9.72. The molecule has 1 aromatic heterocycles. The minimum absolute atomic E-state index is 0.0489. The van der Waals surface area contributed by atoms with Crippen LogP contribution in [0.3, 0.4) is 0 Å². The number of allylic oxidation sites excluding steroid dienone is 11. The Balaban J connectivity index is 1.20. The van der Waals surface area contributed by atoms with Gasteiger partial charge in [0, 0.05) is 24.1 Å². The van der Waals surface area contributed by atoms with Gasteiger partial charge in [0.25, 0.3) is 0 Å². The van der Waals surface area contributed by atoms with E-state index in [9.17, 15) is 0 Å². The van der Waals surface area contributed by atoms with Crippen LogP contribution in [0.5, 0.6) is 0 Å². The average Bonchev–Trinajstić information content (AvgIpc) is 3.41. The van der Waals surface area contributed by atoms with Crippen LogP contribution in [0.15, 0.2) is 200 Å². The van der Waals surface area contributed by atoms with Gasteiger partial charge in [0.2, 0.25) is 0 Å². The maximum atomic E-state index is 5.62. The third kappa shape index (κ3) is 6.75. The van der Waals surface area contributed by atoms with Crippen LogP contribution in [-0.2, 0) is 19.9 Å². The van der Waals surface area contributed by atoms with Gasteiger partial charge >= 0.3 is 0 Å². The minimum atomic E-state index is 0.0489. The van der Waals surface area contributed by atoms with E-state index in [1.165, 1.54) is 82.8 Å². The molecule has 2 heteroatoms. The smallest absolute Gasteiger partial charge is 0.133 e. The zero-order valence-electron chi connectivity index (χ0n) is 35.1. The first kappa shape index (κ1) is 37.9. The Morgan fingerprint density at radius 2 is 1.39 bits per heavy atom. The SMILES string of the molecule is C=CC1=C(C(C)/C=C\c2nc3c(-c4ccc5ccccc5c4)c4ccccc4c(-c4ccc5c(c4)C=CC=CC5)c3n2C)c2ccccc2CC(c2ccccc2)=C1/C=C\C. The van der Waals surface area contributed by atoms with Gasteiger partial charge in [-0.2, -0.15) is 0 Å². The lowest BCUT2D eigenvalue weighted by molar-refractivity contribution is 0.920. The second-order valence-electron chi connectivity index (χ2n) is 16.3. The van der Waals surface area contributed by atoms with E-state index < -0.39 is 0 Å². The summed E-state index contributed by atoms with van der Waals surface area (Å²) >= 11 is 0. The highest BCUT2D eigenvalue weighted by atomic mass is 15.1. The summed E-state index contributed by atoms with van der Waals surface area (Å²) in [4.78, 5) is 5.62. The predicted molar refractivity (Wildman–Crippen MR) is 262 cm³/mol. The molecule has 2 aliphatic carbocycles. The third-order valence-corrected chi connectivity index (χ3v) is 12.6. The molecular weight excluding hydrogens is 737 g/mol. The fraction of sp³-hybridized carbons (Fsp3) is 0.102. The quantitative estimate of drug-likeness (QED) is 0.150. The topological polar surface area (TPSA) is 17.8 Å². The van der Waals surface area contributed by atoms with Crippen LogP contribution in [0.2, 0.25) is 0 Å². The van der Waals surface area contributed by atoms with Gasteiger partial charge in [-0.05, 0) is 121 Å². The summed E-state index contributed by atoms with van der Waals surface area (Å²) in [5, 5.41) is 4.86. The van der Waals surface area contributed by atoms with E-state index in [4.69, 9.17) is 4.98 Å². The Labute approximate surface area is 359 Å². The zero-order chi connectivity index (χ0) is 41.5. The van der Waals surface area contributed by atoms with E-state index in [-0.39, 0.29) is 5.92 Å². The van der Waals surface area contributed by atoms with Gasteiger partial charge in [-0.25, -0.2) is 4.98 Å². The molecule has 2 nitrogen and oxygen atoms in total. The molecule has 0 N–H and O–H groups in total. The van der Waals surface area contributed by atoms with Crippen LogP contribution < -0.4 is 0 Å². The molecule has 7 aromatic carbocycles. The van der Waals surface area contributed by atoms with Gasteiger partial charge < -0.3 is 4.57 Å². The molecule has 2 aliphatic rings. The number of aromatic nitrogens is 2. The van der Waals surface area contributed by atoms with Crippen molar-refractivity contribution >= 4 is 55.9 Å². The highest BCUT2D eigenvalue weighted by molar-refractivity contribution is 6.20. The van der Waals surface area contributed by atoms with Gasteiger partial charge in [-0.3, -0.25) is 0 Å². The maximum absolute atomic E-state index is 5.62. The van der Waals surface area contributed by atoms with Crippen LogP contribution in [-0.4, -0.2) is 9.55 Å². The lowest BCUT2D eigenvalue weighted by Gasteiger charge is -2.19. The molecule has 1 atom stereocenters. The number of imidazole rings is 1. The summed E-state index contributed by atoms with van der Waals surface area (Å²) in [6.07, 6.45) is 21.6. The van der Waals surface area contributed by atoms with E-state index in [0.717, 1.165) is 40.8 Å². The van der Waals surface area contributed by atoms with Crippen LogP contribution in [0.25, 0.3) is 78.1 Å². The largest absolute Gasteiger partial charge is 0.327 e. The first-order valence-electron chi connectivity index (χ1n) is 21.4. The van der Waals surface area contributed by atoms with Crippen molar-refractivity contribution in [3.8, 4) is 22.3 Å². The number of hydrogen-bond donors (Lipinski definition) is 0. The highest BCUT2D eigenvalue weighted by Gasteiger charge is 2.26. The van der Waals surface area contributed by atoms with Crippen molar-refractivity contribution in [2.24, 2.45) is 13.0 Å². The van der Waals surface area contributed by atoms with Gasteiger partial charge in [0.15, 0.2) is 0 Å². The fourth-order valence-corrected chi connectivity index (χ4v) is 9.72.